The Morgan fingerprint density at radius 2 is 0.500 bits per heavy atom. The van der Waals surface area contributed by atoms with Crippen LogP contribution in [0.2, 0.25) is 0 Å². The second kappa shape index (κ2) is 56.8. The van der Waals surface area contributed by atoms with E-state index in [4.69, 9.17) is 19.2 Å². The van der Waals surface area contributed by atoms with Crippen LogP contribution in [0.4, 0.5) is 0 Å². The van der Waals surface area contributed by atoms with Gasteiger partial charge in [0.25, 0.3) is 0 Å². The first-order chi connectivity index (χ1) is 2.00. The van der Waals surface area contributed by atoms with E-state index in [-0.39, 0.29) is 447 Å². The van der Waals surface area contributed by atoms with Gasteiger partial charge in [-0.25, -0.2) is 4.57 Å². The van der Waals surface area contributed by atoms with Crippen molar-refractivity contribution in [2.45, 2.75) is 0 Å². The van der Waals surface area contributed by atoms with Gasteiger partial charge in [0.2, 0.25) is 0 Å². The molecule has 0 rings (SSSR count). The standard InChI is InChI=1S/11Ca.H3O4P.22H/c;;;;;;;;;;;1-5(2,3)4;;;;;;;;;;;;;;;;;;;;;;/h;;;;;;;;;;;(H3,1,2,3,4);;;;;;;;;;;;;;;;;;;;;;/q11*+2;;22*-1. The average Bonchev–Trinajstić information content (AvgIpc) is 0.722. The van der Waals surface area contributed by atoms with Crippen molar-refractivity contribution in [3.63, 3.8) is 0 Å². The van der Waals surface area contributed by atoms with Gasteiger partial charge in [0.15, 0.2) is 0 Å². The van der Waals surface area contributed by atoms with E-state index in [1.807, 2.05) is 0 Å². The fourth-order valence-electron chi connectivity index (χ4n) is 0. The van der Waals surface area contributed by atoms with Crippen molar-refractivity contribution in [1.82, 2.24) is 0 Å². The second-order valence-corrected chi connectivity index (χ2v) is 1.54. The van der Waals surface area contributed by atoms with E-state index in [0.29, 0.717) is 0 Å². The van der Waals surface area contributed by atoms with E-state index >= 15 is 0 Å². The molecule has 0 aromatic rings. The van der Waals surface area contributed by atoms with Crippen molar-refractivity contribution in [2.75, 3.05) is 0 Å². The van der Waals surface area contributed by atoms with Crippen LogP contribution in [0.15, 0.2) is 0 Å². The van der Waals surface area contributed by atoms with Crippen LogP contribution in [0.5, 0.6) is 0 Å². The first-order valence-corrected chi connectivity index (χ1v) is 2.35. The maximum atomic E-state index is 8.88. The normalized spacial score (nSPS) is 3.69. The smallest absolute Gasteiger partial charge is 1.00 e. The molecule has 0 aliphatic rings. The van der Waals surface area contributed by atoms with Gasteiger partial charge in [0.1, 0.15) is 0 Å². The first-order valence-electron chi connectivity index (χ1n) is 0.783. The van der Waals surface area contributed by atoms with Crippen LogP contribution < -0.4 is 0 Å². The van der Waals surface area contributed by atoms with Crippen LogP contribution in [-0.2, 0) is 4.57 Å². The zero-order valence-electron chi connectivity index (χ0n) is 32.0. The Morgan fingerprint density at radius 3 is 0.500 bits per heavy atom. The zero-order chi connectivity index (χ0) is 4.50. The Kier molecular flexibility index (Phi) is 277. The summed E-state index contributed by atoms with van der Waals surface area (Å²) in [6.07, 6.45) is 0. The number of phosphoric acid groups is 1. The minimum absolute atomic E-state index is 0. The van der Waals surface area contributed by atoms with Crippen LogP contribution in [0, 0.1) is 0 Å². The first kappa shape index (κ1) is 77.9. The molecule has 16 heteroatoms. The molecule has 4 nitrogen and oxygen atoms in total. The van der Waals surface area contributed by atoms with Gasteiger partial charge >= 0.3 is 423 Å². The molecule has 0 bridgehead atoms. The molecule has 0 amide bonds. The summed E-state index contributed by atoms with van der Waals surface area (Å²) in [7, 11) is -4.64. The Bertz CT molecular complexity index is 101. The summed E-state index contributed by atoms with van der Waals surface area (Å²) in [6, 6.07) is 0. The Morgan fingerprint density at radius 1 is 0.500 bits per heavy atom. The van der Waals surface area contributed by atoms with Gasteiger partial charge in [0, 0.05) is 0 Å². The minimum Gasteiger partial charge on any atom is -1.00 e. The predicted molar refractivity (Wildman–Crippen MR) is 102 cm³/mol. The van der Waals surface area contributed by atoms with E-state index in [1.54, 1.807) is 0 Å². The number of rotatable bonds is 0. The van der Waals surface area contributed by atoms with Crippen LogP contribution >= 0.6 is 7.82 Å². The zero-order valence-corrected chi connectivity index (χ0v) is 35.2. The van der Waals surface area contributed by atoms with Crippen LogP contribution in [0.3, 0.4) is 0 Å². The van der Waals surface area contributed by atoms with Gasteiger partial charge in [-0.15, -0.1) is 0 Å². The Balaban J connectivity index is -0.000000000152. The monoisotopic (exact) mass is 560 g/mol. The molecule has 0 aliphatic carbocycles. The van der Waals surface area contributed by atoms with Crippen LogP contribution in [0.1, 0.15) is 31.4 Å². The van der Waals surface area contributed by atoms with Crippen molar-refractivity contribution >= 4 is 423 Å². The van der Waals surface area contributed by atoms with Crippen LogP contribution in [-0.4, -0.2) is 430 Å². The van der Waals surface area contributed by atoms with Gasteiger partial charge in [-0.05, 0) is 0 Å². The third-order valence-corrected chi connectivity index (χ3v) is 0. The van der Waals surface area contributed by atoms with Gasteiger partial charge in [-0.1, -0.05) is 0 Å². The quantitative estimate of drug-likeness (QED) is 0.224. The van der Waals surface area contributed by atoms with Gasteiger partial charge in [-0.2, -0.15) is 0 Å². The summed E-state index contributed by atoms with van der Waals surface area (Å²) in [6.45, 7) is 0. The Labute approximate surface area is 458 Å². The average molecular weight is 561 g/mol. The minimum atomic E-state index is -4.64. The molecule has 76 valence electrons. The third kappa shape index (κ3) is 104. The molecule has 0 aliphatic heterocycles. The molecule has 0 unspecified atom stereocenters. The molecule has 16 heavy (non-hydrogen) atoms. The summed E-state index contributed by atoms with van der Waals surface area (Å²) in [5.74, 6) is 0. The van der Waals surface area contributed by atoms with Crippen molar-refractivity contribution in [2.24, 2.45) is 0 Å². The molecule has 0 aromatic carbocycles. The van der Waals surface area contributed by atoms with Gasteiger partial charge in [0.05, 0.1) is 0 Å². The third-order valence-electron chi connectivity index (χ3n) is 0. The molecule has 0 heterocycles. The summed E-state index contributed by atoms with van der Waals surface area (Å²) in [5, 5.41) is 0. The van der Waals surface area contributed by atoms with Crippen molar-refractivity contribution in [3.8, 4) is 0 Å². The molecule has 0 saturated carbocycles. The maximum absolute atomic E-state index is 8.88. The molecule has 0 radical (unpaired) electrons. The summed E-state index contributed by atoms with van der Waals surface area (Å²) in [4.78, 5) is 21.6. The number of hydrogen-bond donors (Lipinski definition) is 3. The molecule has 0 fully saturated rings. The largest absolute Gasteiger partial charge is 2.00 e. The van der Waals surface area contributed by atoms with E-state index in [1.165, 1.54) is 0 Å². The topological polar surface area (TPSA) is 77.8 Å². The predicted octanol–water partition coefficient (Wildman–Crippen LogP) is -2.64. The van der Waals surface area contributed by atoms with Gasteiger partial charge < -0.3 is 46.1 Å². The molecule has 3 N–H and O–H groups in total. The van der Waals surface area contributed by atoms with Crippen molar-refractivity contribution < 1.29 is 50.6 Å². The van der Waals surface area contributed by atoms with Crippen LogP contribution in [0.25, 0.3) is 0 Å². The molecular formula is H25Ca11O4P. The molecule has 0 atom stereocenters. The molecule has 0 spiro atoms. The van der Waals surface area contributed by atoms with Gasteiger partial charge in [-0.3, -0.25) is 0 Å². The fraction of sp³-hybridized carbons (Fsp3) is 0. The van der Waals surface area contributed by atoms with E-state index in [9.17, 15) is 0 Å². The van der Waals surface area contributed by atoms with Crippen molar-refractivity contribution in [1.29, 1.82) is 0 Å². The Hall–Kier alpha value is 14.0. The summed E-state index contributed by atoms with van der Waals surface area (Å²) >= 11 is 0. The van der Waals surface area contributed by atoms with E-state index < -0.39 is 7.82 Å². The van der Waals surface area contributed by atoms with E-state index in [2.05, 4.69) is 0 Å². The maximum Gasteiger partial charge on any atom is 2.00 e. The summed E-state index contributed by atoms with van der Waals surface area (Å²) < 4.78 is 8.88. The SMILES string of the molecule is O=P(O)(O)O.[Ca+2].[Ca+2].[Ca+2].[Ca+2].[Ca+2].[Ca+2].[Ca+2].[Ca+2].[Ca+2].[Ca+2].[Ca+2].[H-].[H-].[H-].[H-].[H-].[H-].[H-].[H-].[H-].[H-].[H-].[H-].[H-].[H-].[H-].[H-].[H-].[H-].[H-].[H-].[H-].[H-]. The molecule has 0 aromatic heterocycles. The second-order valence-electron chi connectivity index (χ2n) is 0.513. The molecular weight excluding hydrogens is 536 g/mol. The van der Waals surface area contributed by atoms with Crippen molar-refractivity contribution in [3.05, 3.63) is 0 Å². The number of hydrogen-bond acceptors (Lipinski definition) is 1. The van der Waals surface area contributed by atoms with E-state index in [0.717, 1.165) is 0 Å². The summed E-state index contributed by atoms with van der Waals surface area (Å²) in [5.41, 5.74) is 0. The fourth-order valence-corrected chi connectivity index (χ4v) is 0. The molecule has 0 saturated heterocycles.